The van der Waals surface area contributed by atoms with Crippen molar-refractivity contribution in [3.63, 3.8) is 0 Å². The van der Waals surface area contributed by atoms with Crippen LogP contribution in [0.1, 0.15) is 36.0 Å². The first-order valence-corrected chi connectivity index (χ1v) is 8.71. The van der Waals surface area contributed by atoms with Gasteiger partial charge in [0.2, 0.25) is 0 Å². The molecule has 2 aromatic rings. The van der Waals surface area contributed by atoms with Gasteiger partial charge in [0.25, 0.3) is 5.91 Å². The van der Waals surface area contributed by atoms with Crippen LogP contribution in [-0.4, -0.2) is 49.8 Å². The zero-order valence-corrected chi connectivity index (χ0v) is 12.8. The average molecular weight is 302 g/mol. The lowest BCUT2D eigenvalue weighted by Crippen LogP contribution is -2.47. The minimum atomic E-state index is 0.159. The van der Waals surface area contributed by atoms with E-state index in [0.717, 1.165) is 42.3 Å². The molecule has 6 heteroatoms. The molecule has 5 nitrogen and oxygen atoms in total. The Bertz CT molecular complexity index is 671. The number of benzene rings is 1. The van der Waals surface area contributed by atoms with E-state index in [1.807, 2.05) is 30.0 Å². The number of rotatable bonds is 2. The molecule has 110 valence electrons. The van der Waals surface area contributed by atoms with Crippen molar-refractivity contribution in [2.75, 3.05) is 6.26 Å². The Morgan fingerprint density at radius 2 is 1.95 bits per heavy atom. The van der Waals surface area contributed by atoms with Crippen molar-refractivity contribution < 1.29 is 4.79 Å². The summed E-state index contributed by atoms with van der Waals surface area (Å²) in [6.45, 7) is 0. The number of carbonyl (C=O) groups excluding carboxylic acids is 1. The van der Waals surface area contributed by atoms with Crippen LogP contribution in [0.4, 0.5) is 0 Å². The summed E-state index contributed by atoms with van der Waals surface area (Å²) in [5.41, 5.74) is 2.29. The van der Waals surface area contributed by atoms with Gasteiger partial charge in [-0.15, -0.1) is 0 Å². The number of piperidine rings is 1. The van der Waals surface area contributed by atoms with E-state index in [1.165, 1.54) is 0 Å². The van der Waals surface area contributed by atoms with Crippen molar-refractivity contribution in [2.45, 2.75) is 43.0 Å². The number of carbonyl (C=O) groups is 1. The van der Waals surface area contributed by atoms with E-state index in [2.05, 4.69) is 26.6 Å². The van der Waals surface area contributed by atoms with Crippen molar-refractivity contribution in [1.82, 2.24) is 20.3 Å². The molecule has 21 heavy (non-hydrogen) atoms. The van der Waals surface area contributed by atoms with Crippen LogP contribution in [0.5, 0.6) is 0 Å². The van der Waals surface area contributed by atoms with Gasteiger partial charge in [0.15, 0.2) is 0 Å². The summed E-state index contributed by atoms with van der Waals surface area (Å²) in [7, 11) is 0. The summed E-state index contributed by atoms with van der Waals surface area (Å²) in [5, 5.41) is 11.4. The summed E-state index contributed by atoms with van der Waals surface area (Å²) in [5.74, 6) is 0.159. The topological polar surface area (TPSA) is 61.9 Å². The maximum Gasteiger partial charge on any atom is 0.254 e. The monoisotopic (exact) mass is 302 g/mol. The van der Waals surface area contributed by atoms with Crippen molar-refractivity contribution in [3.05, 3.63) is 23.8 Å². The van der Waals surface area contributed by atoms with E-state index in [1.54, 1.807) is 0 Å². The van der Waals surface area contributed by atoms with Crippen LogP contribution in [0.2, 0.25) is 0 Å². The molecule has 3 heterocycles. The standard InChI is InChI=1S/C15H18N4OS/c1-21-12-7-10-3-4-11(8-12)19(10)15(20)9-2-5-13-14(6-9)17-18-16-13/h2,5-6,10-12H,3-4,7-8H2,1H3,(H,16,17,18). The second-order valence-electron chi connectivity index (χ2n) is 5.95. The lowest BCUT2D eigenvalue weighted by atomic mass is 10.0. The first-order valence-electron chi connectivity index (χ1n) is 7.42. The number of fused-ring (bicyclic) bond motifs is 3. The third kappa shape index (κ3) is 2.12. The molecule has 1 N–H and O–H groups in total. The Hall–Kier alpha value is -1.56. The molecule has 0 aliphatic carbocycles. The molecule has 2 bridgehead atoms. The molecule has 2 fully saturated rings. The molecule has 0 saturated carbocycles. The van der Waals surface area contributed by atoms with Crippen molar-refractivity contribution in [2.24, 2.45) is 0 Å². The van der Waals surface area contributed by atoms with E-state index < -0.39 is 0 Å². The fourth-order valence-electron chi connectivity index (χ4n) is 3.77. The van der Waals surface area contributed by atoms with Crippen LogP contribution in [-0.2, 0) is 0 Å². The van der Waals surface area contributed by atoms with Gasteiger partial charge < -0.3 is 4.90 Å². The van der Waals surface area contributed by atoms with Gasteiger partial charge in [0.1, 0.15) is 11.0 Å². The lowest BCUT2D eigenvalue weighted by molar-refractivity contribution is 0.0602. The third-order valence-corrected chi connectivity index (χ3v) is 5.87. The Labute approximate surface area is 127 Å². The maximum absolute atomic E-state index is 12.9. The van der Waals surface area contributed by atoms with Crippen molar-refractivity contribution >= 4 is 28.7 Å². The Morgan fingerprint density at radius 1 is 1.24 bits per heavy atom. The van der Waals surface area contributed by atoms with E-state index in [0.29, 0.717) is 17.3 Å². The Balaban J connectivity index is 1.62. The van der Waals surface area contributed by atoms with Gasteiger partial charge in [0.05, 0.1) is 0 Å². The molecule has 2 atom stereocenters. The van der Waals surface area contributed by atoms with Gasteiger partial charge in [0, 0.05) is 22.9 Å². The number of H-pyrrole nitrogens is 1. The van der Waals surface area contributed by atoms with Crippen LogP contribution >= 0.6 is 11.8 Å². The zero-order chi connectivity index (χ0) is 14.4. The van der Waals surface area contributed by atoms with Crippen LogP contribution in [0.3, 0.4) is 0 Å². The number of hydrogen-bond acceptors (Lipinski definition) is 4. The number of thioether (sulfide) groups is 1. The SMILES string of the molecule is CSC1CC2CCC(C1)N2C(=O)c1ccc2n[nH]nc2c1. The van der Waals surface area contributed by atoms with E-state index in [9.17, 15) is 4.79 Å². The molecular formula is C15H18N4OS. The Morgan fingerprint density at radius 3 is 2.67 bits per heavy atom. The highest BCUT2D eigenvalue weighted by atomic mass is 32.2. The number of hydrogen-bond donors (Lipinski definition) is 1. The summed E-state index contributed by atoms with van der Waals surface area (Å²) >= 11 is 1.95. The molecule has 2 aliphatic heterocycles. The Kier molecular flexibility index (Phi) is 3.14. The predicted molar refractivity (Wildman–Crippen MR) is 83.4 cm³/mol. The van der Waals surface area contributed by atoms with Gasteiger partial charge in [-0.05, 0) is 50.1 Å². The van der Waals surface area contributed by atoms with E-state index >= 15 is 0 Å². The molecule has 1 aromatic heterocycles. The maximum atomic E-state index is 12.9. The first-order chi connectivity index (χ1) is 10.3. The molecular weight excluding hydrogens is 284 g/mol. The largest absolute Gasteiger partial charge is 0.333 e. The fraction of sp³-hybridized carbons (Fsp3) is 0.533. The van der Waals surface area contributed by atoms with E-state index in [4.69, 9.17) is 0 Å². The molecule has 1 aromatic carbocycles. The third-order valence-electron chi connectivity index (χ3n) is 4.82. The van der Waals surface area contributed by atoms with Gasteiger partial charge in [-0.2, -0.15) is 27.2 Å². The van der Waals surface area contributed by atoms with Crippen LogP contribution in [0.15, 0.2) is 18.2 Å². The highest BCUT2D eigenvalue weighted by Gasteiger charge is 2.43. The van der Waals surface area contributed by atoms with Crippen LogP contribution in [0, 0.1) is 0 Å². The molecule has 2 saturated heterocycles. The average Bonchev–Trinajstić information content (AvgIpc) is 3.08. The lowest BCUT2D eigenvalue weighted by Gasteiger charge is -2.38. The van der Waals surface area contributed by atoms with Gasteiger partial charge >= 0.3 is 0 Å². The molecule has 2 aliphatic rings. The van der Waals surface area contributed by atoms with E-state index in [-0.39, 0.29) is 5.91 Å². The van der Waals surface area contributed by atoms with Crippen molar-refractivity contribution in [1.29, 1.82) is 0 Å². The molecule has 2 unspecified atom stereocenters. The molecule has 0 spiro atoms. The predicted octanol–water partition coefficient (Wildman–Crippen LogP) is 2.46. The normalized spacial score (nSPS) is 28.2. The number of aromatic amines is 1. The second-order valence-corrected chi connectivity index (χ2v) is 7.09. The summed E-state index contributed by atoms with van der Waals surface area (Å²) in [4.78, 5) is 15.0. The number of nitrogens with one attached hydrogen (secondary N) is 1. The fourth-order valence-corrected chi connectivity index (χ4v) is 4.60. The highest BCUT2D eigenvalue weighted by molar-refractivity contribution is 7.99. The zero-order valence-electron chi connectivity index (χ0n) is 12.0. The van der Waals surface area contributed by atoms with Gasteiger partial charge in [-0.3, -0.25) is 4.79 Å². The number of aromatic nitrogens is 3. The first kappa shape index (κ1) is 13.1. The van der Waals surface area contributed by atoms with Crippen LogP contribution in [0.25, 0.3) is 11.0 Å². The number of nitrogens with zero attached hydrogens (tertiary/aromatic N) is 3. The van der Waals surface area contributed by atoms with Gasteiger partial charge in [-0.25, -0.2) is 0 Å². The molecule has 4 rings (SSSR count). The van der Waals surface area contributed by atoms with Crippen LogP contribution < -0.4 is 0 Å². The minimum absolute atomic E-state index is 0.159. The second kappa shape index (κ2) is 5.02. The summed E-state index contributed by atoms with van der Waals surface area (Å²) in [6.07, 6.45) is 6.75. The van der Waals surface area contributed by atoms with Crippen molar-refractivity contribution in [3.8, 4) is 0 Å². The quantitative estimate of drug-likeness (QED) is 0.925. The number of amides is 1. The molecule has 0 radical (unpaired) electrons. The smallest absolute Gasteiger partial charge is 0.254 e. The summed E-state index contributed by atoms with van der Waals surface area (Å²) in [6, 6.07) is 6.42. The minimum Gasteiger partial charge on any atom is -0.333 e. The summed E-state index contributed by atoms with van der Waals surface area (Å²) < 4.78 is 0. The molecule has 1 amide bonds. The van der Waals surface area contributed by atoms with Gasteiger partial charge in [-0.1, -0.05) is 0 Å². The highest BCUT2D eigenvalue weighted by Crippen LogP contribution is 2.40.